The van der Waals surface area contributed by atoms with E-state index >= 15 is 0 Å². The van der Waals surface area contributed by atoms with Gasteiger partial charge in [0.15, 0.2) is 5.78 Å². The largest absolute Gasteiger partial charge is 0.448 e. The van der Waals surface area contributed by atoms with Gasteiger partial charge in [-0.2, -0.15) is 0 Å². The summed E-state index contributed by atoms with van der Waals surface area (Å²) in [5.41, 5.74) is 6.42. The first-order chi connectivity index (χ1) is 19.0. The number of nitrogens with one attached hydrogen (secondary N) is 1. The van der Waals surface area contributed by atoms with Crippen LogP contribution in [0.4, 0.5) is 9.80 Å². The maximum Gasteiger partial charge on any atom is 0.410 e. The van der Waals surface area contributed by atoms with Crippen molar-refractivity contribution in [3.05, 3.63) is 75.7 Å². The number of hydrogen-bond donors (Lipinski definition) is 1. The van der Waals surface area contributed by atoms with E-state index in [0.717, 1.165) is 48.8 Å². The van der Waals surface area contributed by atoms with Crippen molar-refractivity contribution in [2.45, 2.75) is 71.3 Å². The molecule has 1 fully saturated rings. The fraction of sp³-hybridized carbons (Fsp3) is 0.406. The predicted molar refractivity (Wildman–Crippen MR) is 156 cm³/mol. The lowest BCUT2D eigenvalue weighted by atomic mass is 9.94. The van der Waals surface area contributed by atoms with Crippen molar-refractivity contribution >= 4 is 34.1 Å². The van der Waals surface area contributed by atoms with Gasteiger partial charge in [0, 0.05) is 17.3 Å². The minimum Gasteiger partial charge on any atom is -0.448 e. The minimum absolute atomic E-state index is 0.0190. The molecule has 204 valence electrons. The second-order valence-electron chi connectivity index (χ2n) is 10.1. The maximum absolute atomic E-state index is 13.3. The first kappa shape index (κ1) is 27.1. The Labute approximate surface area is 234 Å². The molecular weight excluding hydrogens is 508 g/mol. The summed E-state index contributed by atoms with van der Waals surface area (Å²) in [6.07, 6.45) is 4.86. The number of ketones is 1. The summed E-state index contributed by atoms with van der Waals surface area (Å²) < 4.78 is 5.84. The Bertz CT molecular complexity index is 1350. The molecule has 2 heterocycles. The number of nitrogens with zero attached hydrogens (tertiary/aromatic N) is 1. The Kier molecular flexibility index (Phi) is 8.17. The van der Waals surface area contributed by atoms with E-state index in [0.29, 0.717) is 23.5 Å². The van der Waals surface area contributed by atoms with Gasteiger partial charge in [-0.15, -0.1) is 11.3 Å². The zero-order chi connectivity index (χ0) is 27.5. The first-order valence-corrected chi connectivity index (χ1v) is 14.9. The van der Waals surface area contributed by atoms with Gasteiger partial charge in [-0.1, -0.05) is 62.4 Å². The third kappa shape index (κ3) is 5.12. The van der Waals surface area contributed by atoms with Crippen molar-refractivity contribution < 1.29 is 19.1 Å². The second kappa shape index (κ2) is 11.7. The molecule has 1 unspecified atom stereocenters. The number of anilines is 1. The lowest BCUT2D eigenvalue weighted by molar-refractivity contribution is -0.120. The average molecular weight is 545 g/mol. The van der Waals surface area contributed by atoms with Gasteiger partial charge in [-0.3, -0.25) is 14.5 Å². The average Bonchev–Trinajstić information content (AvgIpc) is 3.67. The highest BCUT2D eigenvalue weighted by Crippen LogP contribution is 2.44. The molecule has 1 N–H and O–H groups in total. The molecule has 0 bridgehead atoms. The number of aryl methyl sites for hydroxylation is 1. The van der Waals surface area contributed by atoms with Crippen LogP contribution in [0.1, 0.15) is 84.3 Å². The molecule has 6 nitrogen and oxygen atoms in total. The standard InChI is InChI=1S/C30H30N2O4S.C2H6/c1-18(33)27-23-13-6-7-15-26(23)37-29(27)31-28(34)25-14-8-16-32(25)30(35)36-17-24-21-11-4-2-9-19(21)20-10-3-5-12-22(20)24;1-2/h2-5,9-12,24-25H,6-8,13-17H2,1H3,(H,31,34);1-2H3. The van der Waals surface area contributed by atoms with Crippen LogP contribution in [0.2, 0.25) is 0 Å². The van der Waals surface area contributed by atoms with Crippen LogP contribution in [-0.4, -0.2) is 41.9 Å². The molecule has 3 aliphatic rings. The molecule has 1 aliphatic heterocycles. The number of likely N-dealkylation sites (tertiary alicyclic amines) is 1. The molecule has 0 spiro atoms. The van der Waals surface area contributed by atoms with Crippen molar-refractivity contribution in [1.82, 2.24) is 4.90 Å². The van der Waals surface area contributed by atoms with Crippen molar-refractivity contribution in [2.75, 3.05) is 18.5 Å². The predicted octanol–water partition coefficient (Wildman–Crippen LogP) is 7.21. The Morgan fingerprint density at radius 3 is 2.26 bits per heavy atom. The molecule has 1 saturated heterocycles. The summed E-state index contributed by atoms with van der Waals surface area (Å²) in [7, 11) is 0. The molecule has 3 aromatic rings. The summed E-state index contributed by atoms with van der Waals surface area (Å²) >= 11 is 1.51. The third-order valence-corrected chi connectivity index (χ3v) is 9.09. The van der Waals surface area contributed by atoms with Gasteiger partial charge in [0.25, 0.3) is 0 Å². The molecule has 0 radical (unpaired) electrons. The van der Waals surface area contributed by atoms with E-state index in [4.69, 9.17) is 4.74 Å². The zero-order valence-electron chi connectivity index (χ0n) is 22.9. The summed E-state index contributed by atoms with van der Waals surface area (Å²) in [5.74, 6) is -0.289. The van der Waals surface area contributed by atoms with Crippen LogP contribution in [0.25, 0.3) is 11.1 Å². The molecule has 2 aliphatic carbocycles. The highest BCUT2D eigenvalue weighted by atomic mass is 32.1. The number of ether oxygens (including phenoxy) is 1. The number of benzene rings is 2. The van der Waals surface area contributed by atoms with Crippen molar-refractivity contribution in [3.63, 3.8) is 0 Å². The Hall–Kier alpha value is -3.45. The first-order valence-electron chi connectivity index (χ1n) is 14.1. The number of fused-ring (bicyclic) bond motifs is 4. The molecule has 39 heavy (non-hydrogen) atoms. The number of carbonyl (C=O) groups is 3. The number of hydrogen-bond acceptors (Lipinski definition) is 5. The van der Waals surface area contributed by atoms with E-state index in [1.165, 1.54) is 27.3 Å². The molecule has 6 rings (SSSR count). The maximum atomic E-state index is 13.3. The van der Waals surface area contributed by atoms with Crippen LogP contribution in [0.5, 0.6) is 0 Å². The van der Waals surface area contributed by atoms with E-state index in [1.807, 2.05) is 38.1 Å². The lowest BCUT2D eigenvalue weighted by Crippen LogP contribution is -2.43. The molecule has 2 aromatic carbocycles. The van der Waals surface area contributed by atoms with Crippen LogP contribution in [0.15, 0.2) is 48.5 Å². The third-order valence-electron chi connectivity index (χ3n) is 7.89. The van der Waals surface area contributed by atoms with Gasteiger partial charge >= 0.3 is 6.09 Å². The fourth-order valence-corrected chi connectivity index (χ4v) is 7.50. The van der Waals surface area contributed by atoms with E-state index < -0.39 is 12.1 Å². The molecule has 2 amide bonds. The quantitative estimate of drug-likeness (QED) is 0.345. The molecule has 1 atom stereocenters. The van der Waals surface area contributed by atoms with Crippen molar-refractivity contribution in [3.8, 4) is 11.1 Å². The topological polar surface area (TPSA) is 75.7 Å². The van der Waals surface area contributed by atoms with Gasteiger partial charge in [-0.25, -0.2) is 4.79 Å². The molecular formula is C32H36N2O4S. The number of amides is 2. The Morgan fingerprint density at radius 1 is 0.949 bits per heavy atom. The van der Waals surface area contributed by atoms with Gasteiger partial charge in [0.05, 0.1) is 5.56 Å². The van der Waals surface area contributed by atoms with E-state index in [9.17, 15) is 14.4 Å². The molecule has 0 saturated carbocycles. The zero-order valence-corrected chi connectivity index (χ0v) is 23.7. The Morgan fingerprint density at radius 2 is 1.59 bits per heavy atom. The normalized spacial score (nSPS) is 17.4. The monoisotopic (exact) mass is 544 g/mol. The van der Waals surface area contributed by atoms with Gasteiger partial charge in [-0.05, 0) is 73.3 Å². The fourth-order valence-electron chi connectivity index (χ4n) is 6.16. The summed E-state index contributed by atoms with van der Waals surface area (Å²) in [5, 5.41) is 3.64. The number of rotatable bonds is 5. The molecule has 7 heteroatoms. The van der Waals surface area contributed by atoms with Gasteiger partial charge < -0.3 is 10.1 Å². The second-order valence-corrected chi connectivity index (χ2v) is 11.2. The number of carbonyl (C=O) groups excluding carboxylic acids is 3. The lowest BCUT2D eigenvalue weighted by Gasteiger charge is -2.24. The number of Topliss-reactive ketones (excluding diaryl/α,β-unsaturated/α-hetero) is 1. The SMILES string of the molecule is CC.CC(=O)c1c(NC(=O)C2CCCN2C(=O)OCC2c3ccccc3-c3ccccc32)sc2c1CCCC2. The van der Waals surface area contributed by atoms with Crippen molar-refractivity contribution in [1.29, 1.82) is 0 Å². The Balaban J connectivity index is 0.00000151. The van der Waals surface area contributed by atoms with E-state index in [1.54, 1.807) is 11.8 Å². The summed E-state index contributed by atoms with van der Waals surface area (Å²) in [4.78, 5) is 41.7. The smallest absolute Gasteiger partial charge is 0.410 e. The van der Waals surface area contributed by atoms with Crippen molar-refractivity contribution in [2.24, 2.45) is 0 Å². The van der Waals surface area contributed by atoms with Crippen LogP contribution < -0.4 is 5.32 Å². The van der Waals surface area contributed by atoms with Gasteiger partial charge in [0.2, 0.25) is 5.91 Å². The van der Waals surface area contributed by atoms with Crippen LogP contribution >= 0.6 is 11.3 Å². The van der Waals surface area contributed by atoms with Crippen LogP contribution in [0, 0.1) is 0 Å². The highest BCUT2D eigenvalue weighted by Gasteiger charge is 2.37. The molecule has 1 aromatic heterocycles. The van der Waals surface area contributed by atoms with Crippen LogP contribution in [-0.2, 0) is 22.4 Å². The summed E-state index contributed by atoms with van der Waals surface area (Å²) in [6, 6.07) is 15.9. The van der Waals surface area contributed by atoms with Crippen LogP contribution in [0.3, 0.4) is 0 Å². The van der Waals surface area contributed by atoms with E-state index in [2.05, 4.69) is 29.6 Å². The summed E-state index contributed by atoms with van der Waals surface area (Å²) in [6.45, 7) is 6.27. The van der Waals surface area contributed by atoms with Gasteiger partial charge in [0.1, 0.15) is 17.6 Å². The highest BCUT2D eigenvalue weighted by molar-refractivity contribution is 7.17. The minimum atomic E-state index is -0.602. The van der Waals surface area contributed by atoms with E-state index in [-0.39, 0.29) is 24.2 Å². The number of thiophene rings is 1.